The van der Waals surface area contributed by atoms with E-state index in [1.54, 1.807) is 0 Å². The lowest BCUT2D eigenvalue weighted by molar-refractivity contribution is 0.0748. The third kappa shape index (κ3) is 3.12. The first-order valence-electron chi connectivity index (χ1n) is 8.31. The van der Waals surface area contributed by atoms with Crippen LogP contribution in [0.25, 0.3) is 0 Å². The number of nitrogens with zero attached hydrogens (tertiary/aromatic N) is 2. The molecule has 4 heteroatoms. The zero-order chi connectivity index (χ0) is 15.7. The Morgan fingerprint density at radius 3 is 2.86 bits per heavy atom. The zero-order valence-corrected chi connectivity index (χ0v) is 13.6. The van der Waals surface area contributed by atoms with Crippen LogP contribution in [-0.4, -0.2) is 28.8 Å². The Bertz CT molecular complexity index is 550. The van der Waals surface area contributed by atoms with Crippen molar-refractivity contribution in [1.82, 2.24) is 4.98 Å². The molecule has 0 amide bonds. The highest BCUT2D eigenvalue weighted by Crippen LogP contribution is 2.39. The minimum Gasteiger partial charge on any atom is -0.492 e. The van der Waals surface area contributed by atoms with Crippen LogP contribution in [0, 0.1) is 5.92 Å². The van der Waals surface area contributed by atoms with Crippen molar-refractivity contribution in [2.45, 2.75) is 58.1 Å². The first kappa shape index (κ1) is 15.3. The fourth-order valence-corrected chi connectivity index (χ4v) is 3.12. The van der Waals surface area contributed by atoms with Crippen LogP contribution in [0.15, 0.2) is 24.5 Å². The van der Waals surface area contributed by atoms with Crippen LogP contribution in [0.2, 0.25) is 0 Å². The fourth-order valence-electron chi connectivity index (χ4n) is 3.12. The Balaban J connectivity index is 1.73. The van der Waals surface area contributed by atoms with Gasteiger partial charge in [0.25, 0.3) is 0 Å². The fraction of sp³-hybridized carbons (Fsp3) is 0.611. The number of aliphatic hydroxyl groups excluding tert-OH is 1. The second kappa shape index (κ2) is 6.29. The van der Waals surface area contributed by atoms with E-state index in [9.17, 15) is 5.11 Å². The maximum absolute atomic E-state index is 9.57. The molecule has 22 heavy (non-hydrogen) atoms. The minimum atomic E-state index is -0.165. The van der Waals surface area contributed by atoms with Crippen LogP contribution in [-0.2, 0) is 6.42 Å². The molecular weight excluding hydrogens is 276 g/mol. The number of hydrogen-bond donors (Lipinski definition) is 1. The van der Waals surface area contributed by atoms with Gasteiger partial charge in [0.05, 0.1) is 18.9 Å². The summed E-state index contributed by atoms with van der Waals surface area (Å²) in [5.74, 6) is 2.51. The zero-order valence-electron chi connectivity index (χ0n) is 13.6. The lowest BCUT2D eigenvalue weighted by Crippen LogP contribution is -2.48. The van der Waals surface area contributed by atoms with Gasteiger partial charge in [0.1, 0.15) is 11.6 Å². The molecule has 1 N–H and O–H groups in total. The second-order valence-corrected chi connectivity index (χ2v) is 6.90. The number of aryl methyl sites for hydroxylation is 1. The van der Waals surface area contributed by atoms with Gasteiger partial charge in [0.15, 0.2) is 0 Å². The van der Waals surface area contributed by atoms with Crippen LogP contribution in [0.4, 0.5) is 5.82 Å². The Morgan fingerprint density at radius 2 is 2.18 bits per heavy atom. The summed E-state index contributed by atoms with van der Waals surface area (Å²) >= 11 is 0. The third-order valence-electron chi connectivity index (χ3n) is 4.59. The number of allylic oxidation sites excluding steroid dienone is 1. The molecule has 0 aromatic carbocycles. The van der Waals surface area contributed by atoms with E-state index in [2.05, 4.69) is 36.4 Å². The van der Waals surface area contributed by atoms with Crippen LogP contribution in [0.5, 0.6) is 5.75 Å². The number of aromatic nitrogens is 1. The molecule has 4 nitrogen and oxygen atoms in total. The Morgan fingerprint density at radius 1 is 1.41 bits per heavy atom. The van der Waals surface area contributed by atoms with Crippen molar-refractivity contribution in [2.75, 3.05) is 11.5 Å². The number of anilines is 1. The SMILES string of the molecule is C=C1CCc2cc(OCCC(C)C)cnc2N1C1CC(O)C1. The largest absolute Gasteiger partial charge is 0.492 e. The molecule has 1 aromatic heterocycles. The van der Waals surface area contributed by atoms with Crippen molar-refractivity contribution in [3.8, 4) is 5.75 Å². The number of fused-ring (bicyclic) bond motifs is 1. The molecule has 0 spiro atoms. The summed E-state index contributed by atoms with van der Waals surface area (Å²) in [4.78, 5) is 6.86. The van der Waals surface area contributed by atoms with Crippen molar-refractivity contribution in [3.05, 3.63) is 30.1 Å². The predicted octanol–water partition coefficient (Wildman–Crippen LogP) is 3.30. The average molecular weight is 302 g/mol. The Hall–Kier alpha value is -1.55. The highest BCUT2D eigenvalue weighted by molar-refractivity contribution is 5.58. The summed E-state index contributed by atoms with van der Waals surface area (Å²) in [5.41, 5.74) is 2.35. The lowest BCUT2D eigenvalue weighted by atomic mass is 9.86. The van der Waals surface area contributed by atoms with Gasteiger partial charge in [0.2, 0.25) is 0 Å². The molecule has 0 unspecified atom stereocenters. The molecule has 2 heterocycles. The third-order valence-corrected chi connectivity index (χ3v) is 4.59. The van der Waals surface area contributed by atoms with Gasteiger partial charge in [0, 0.05) is 11.7 Å². The molecule has 120 valence electrons. The number of rotatable bonds is 5. The maximum Gasteiger partial charge on any atom is 0.138 e. The molecule has 1 saturated carbocycles. The molecule has 2 aliphatic rings. The van der Waals surface area contributed by atoms with E-state index in [0.717, 1.165) is 56.0 Å². The topological polar surface area (TPSA) is 45.6 Å². The van der Waals surface area contributed by atoms with Gasteiger partial charge >= 0.3 is 0 Å². The van der Waals surface area contributed by atoms with Crippen molar-refractivity contribution >= 4 is 5.82 Å². The van der Waals surface area contributed by atoms with Crippen LogP contribution in [0.3, 0.4) is 0 Å². The first-order valence-corrected chi connectivity index (χ1v) is 8.31. The number of aliphatic hydroxyl groups is 1. The number of pyridine rings is 1. The minimum absolute atomic E-state index is 0.165. The van der Waals surface area contributed by atoms with E-state index in [0.29, 0.717) is 12.0 Å². The molecule has 1 fully saturated rings. The molecule has 0 saturated heterocycles. The van der Waals surface area contributed by atoms with Gasteiger partial charge in [-0.2, -0.15) is 0 Å². The van der Waals surface area contributed by atoms with Gasteiger partial charge < -0.3 is 14.7 Å². The van der Waals surface area contributed by atoms with E-state index >= 15 is 0 Å². The van der Waals surface area contributed by atoms with E-state index in [1.165, 1.54) is 5.56 Å². The van der Waals surface area contributed by atoms with Crippen LogP contribution in [0.1, 0.15) is 45.1 Å². The quantitative estimate of drug-likeness (QED) is 0.906. The summed E-state index contributed by atoms with van der Waals surface area (Å²) < 4.78 is 5.82. The average Bonchev–Trinajstić information content (AvgIpc) is 2.44. The molecule has 1 aliphatic carbocycles. The van der Waals surface area contributed by atoms with Crippen molar-refractivity contribution in [2.24, 2.45) is 5.92 Å². The second-order valence-electron chi connectivity index (χ2n) is 6.90. The van der Waals surface area contributed by atoms with E-state index in [4.69, 9.17) is 4.74 Å². The normalized spacial score (nSPS) is 24.2. The van der Waals surface area contributed by atoms with Crippen molar-refractivity contribution in [1.29, 1.82) is 0 Å². The predicted molar refractivity (Wildman–Crippen MR) is 88.2 cm³/mol. The number of hydrogen-bond acceptors (Lipinski definition) is 4. The Kier molecular flexibility index (Phi) is 4.39. The molecule has 0 bridgehead atoms. The van der Waals surface area contributed by atoms with Gasteiger partial charge in [-0.15, -0.1) is 0 Å². The molecular formula is C18H26N2O2. The van der Waals surface area contributed by atoms with E-state index in [-0.39, 0.29) is 6.10 Å². The van der Waals surface area contributed by atoms with Crippen LogP contribution < -0.4 is 9.64 Å². The van der Waals surface area contributed by atoms with E-state index < -0.39 is 0 Å². The van der Waals surface area contributed by atoms with Crippen LogP contribution >= 0.6 is 0 Å². The summed E-state index contributed by atoms with van der Waals surface area (Å²) in [6, 6.07) is 2.47. The van der Waals surface area contributed by atoms with Gasteiger partial charge in [-0.1, -0.05) is 20.4 Å². The smallest absolute Gasteiger partial charge is 0.138 e. The summed E-state index contributed by atoms with van der Waals surface area (Å²) in [7, 11) is 0. The monoisotopic (exact) mass is 302 g/mol. The maximum atomic E-state index is 9.57. The first-order chi connectivity index (χ1) is 10.5. The molecule has 0 atom stereocenters. The molecule has 1 aliphatic heterocycles. The molecule has 3 rings (SSSR count). The molecule has 0 radical (unpaired) electrons. The van der Waals surface area contributed by atoms with Crippen molar-refractivity contribution in [3.63, 3.8) is 0 Å². The molecule has 1 aromatic rings. The number of ether oxygens (including phenoxy) is 1. The summed E-state index contributed by atoms with van der Waals surface area (Å²) in [6.45, 7) is 9.33. The highest BCUT2D eigenvalue weighted by atomic mass is 16.5. The van der Waals surface area contributed by atoms with Gasteiger partial charge in [-0.25, -0.2) is 4.98 Å². The standard InChI is InChI=1S/C18H26N2O2/c1-12(2)6-7-22-17-8-14-5-4-13(3)20(18(14)19-11-17)15-9-16(21)10-15/h8,11-12,15-16,21H,3-7,9-10H2,1-2H3. The van der Waals surface area contributed by atoms with Gasteiger partial charge in [-0.3, -0.25) is 0 Å². The van der Waals surface area contributed by atoms with E-state index in [1.807, 2.05) is 6.20 Å². The van der Waals surface area contributed by atoms with Crippen molar-refractivity contribution < 1.29 is 9.84 Å². The Labute approximate surface area is 132 Å². The lowest BCUT2D eigenvalue weighted by Gasteiger charge is -2.44. The summed E-state index contributed by atoms with van der Waals surface area (Å²) in [6.07, 6.45) is 6.26. The summed E-state index contributed by atoms with van der Waals surface area (Å²) in [5, 5.41) is 9.57. The van der Waals surface area contributed by atoms with Gasteiger partial charge in [-0.05, 0) is 49.7 Å². The highest BCUT2D eigenvalue weighted by Gasteiger charge is 2.36.